The maximum absolute atomic E-state index is 12.1. The van der Waals surface area contributed by atoms with Crippen molar-refractivity contribution in [1.29, 1.82) is 0 Å². The van der Waals surface area contributed by atoms with Gasteiger partial charge in [0, 0.05) is 25.7 Å². The number of carbonyl (C=O) groups is 1. The van der Waals surface area contributed by atoms with Crippen molar-refractivity contribution < 1.29 is 14.3 Å². The predicted molar refractivity (Wildman–Crippen MR) is 68.9 cm³/mol. The van der Waals surface area contributed by atoms with Crippen LogP contribution in [0.5, 0.6) is 0 Å². The van der Waals surface area contributed by atoms with Crippen molar-refractivity contribution in [3.63, 3.8) is 0 Å². The van der Waals surface area contributed by atoms with E-state index in [1.807, 2.05) is 18.2 Å². The van der Waals surface area contributed by atoms with E-state index in [-0.39, 0.29) is 5.91 Å². The van der Waals surface area contributed by atoms with Crippen LogP contribution in [-0.4, -0.2) is 44.9 Å². The molecule has 4 nitrogen and oxygen atoms in total. The number of amides is 1. The van der Waals surface area contributed by atoms with Gasteiger partial charge in [0.25, 0.3) is 5.91 Å². The van der Waals surface area contributed by atoms with Crippen molar-refractivity contribution in [2.24, 2.45) is 0 Å². The van der Waals surface area contributed by atoms with Crippen molar-refractivity contribution in [3.05, 3.63) is 34.3 Å². The van der Waals surface area contributed by atoms with Gasteiger partial charge in [-0.05, 0) is 28.1 Å². The molecule has 0 heterocycles. The Morgan fingerprint density at radius 3 is 2.47 bits per heavy atom. The van der Waals surface area contributed by atoms with Crippen LogP contribution in [0.25, 0.3) is 0 Å². The average Bonchev–Trinajstić information content (AvgIpc) is 2.35. The van der Waals surface area contributed by atoms with Gasteiger partial charge in [-0.3, -0.25) is 4.79 Å². The van der Waals surface area contributed by atoms with Crippen molar-refractivity contribution >= 4 is 21.8 Å². The van der Waals surface area contributed by atoms with Crippen LogP contribution in [0.2, 0.25) is 0 Å². The molecule has 0 aliphatic rings. The van der Waals surface area contributed by atoms with Gasteiger partial charge < -0.3 is 14.4 Å². The van der Waals surface area contributed by atoms with Crippen molar-refractivity contribution in [2.75, 3.05) is 27.8 Å². The standard InChI is InChI=1S/C12H16BrNO3/c1-14(8-11(16-2)17-3)12(15)9-6-4-5-7-10(9)13/h4-7,11H,8H2,1-3H3. The summed E-state index contributed by atoms with van der Waals surface area (Å²) in [6.07, 6.45) is -0.411. The summed E-state index contributed by atoms with van der Waals surface area (Å²) < 4.78 is 10.9. The Morgan fingerprint density at radius 2 is 1.94 bits per heavy atom. The summed E-state index contributed by atoms with van der Waals surface area (Å²) >= 11 is 3.36. The lowest BCUT2D eigenvalue weighted by Crippen LogP contribution is -2.36. The highest BCUT2D eigenvalue weighted by Crippen LogP contribution is 2.17. The summed E-state index contributed by atoms with van der Waals surface area (Å²) in [4.78, 5) is 13.7. The number of hydrogen-bond acceptors (Lipinski definition) is 3. The number of nitrogens with zero attached hydrogens (tertiary/aromatic N) is 1. The zero-order valence-corrected chi connectivity index (χ0v) is 11.7. The monoisotopic (exact) mass is 301 g/mol. The highest BCUT2D eigenvalue weighted by Gasteiger charge is 2.17. The van der Waals surface area contributed by atoms with Gasteiger partial charge in [0.2, 0.25) is 0 Å². The molecule has 0 unspecified atom stereocenters. The minimum Gasteiger partial charge on any atom is -0.354 e. The lowest BCUT2D eigenvalue weighted by Gasteiger charge is -2.22. The lowest BCUT2D eigenvalue weighted by atomic mass is 10.2. The first-order chi connectivity index (χ1) is 8.10. The van der Waals surface area contributed by atoms with Gasteiger partial charge in [-0.2, -0.15) is 0 Å². The van der Waals surface area contributed by atoms with E-state index in [2.05, 4.69) is 15.9 Å². The van der Waals surface area contributed by atoms with Crippen LogP contribution in [0.4, 0.5) is 0 Å². The first-order valence-corrected chi connectivity index (χ1v) is 5.95. The Labute approximate surface area is 110 Å². The van der Waals surface area contributed by atoms with Crippen molar-refractivity contribution in [2.45, 2.75) is 6.29 Å². The fourth-order valence-corrected chi connectivity index (χ4v) is 1.85. The molecule has 17 heavy (non-hydrogen) atoms. The molecular weight excluding hydrogens is 286 g/mol. The van der Waals surface area contributed by atoms with Crippen LogP contribution in [-0.2, 0) is 9.47 Å². The zero-order valence-electron chi connectivity index (χ0n) is 10.1. The minimum atomic E-state index is -0.411. The molecule has 0 bridgehead atoms. The normalized spacial score (nSPS) is 10.6. The largest absolute Gasteiger partial charge is 0.354 e. The van der Waals surface area contributed by atoms with Gasteiger partial charge in [-0.15, -0.1) is 0 Å². The van der Waals surface area contributed by atoms with Gasteiger partial charge in [0.15, 0.2) is 6.29 Å². The molecule has 0 N–H and O–H groups in total. The summed E-state index contributed by atoms with van der Waals surface area (Å²) in [7, 11) is 4.81. The molecule has 1 rings (SSSR count). The summed E-state index contributed by atoms with van der Waals surface area (Å²) in [5, 5.41) is 0. The summed E-state index contributed by atoms with van der Waals surface area (Å²) in [6, 6.07) is 7.31. The SMILES string of the molecule is COC(CN(C)C(=O)c1ccccc1Br)OC. The van der Waals surface area contributed by atoms with Gasteiger partial charge >= 0.3 is 0 Å². The van der Waals surface area contributed by atoms with Gasteiger partial charge in [-0.1, -0.05) is 12.1 Å². The maximum Gasteiger partial charge on any atom is 0.254 e. The fraction of sp³-hybridized carbons (Fsp3) is 0.417. The third-order valence-electron chi connectivity index (χ3n) is 2.40. The second-order valence-corrected chi connectivity index (χ2v) is 4.42. The van der Waals surface area contributed by atoms with Gasteiger partial charge in [0.05, 0.1) is 12.1 Å². The van der Waals surface area contributed by atoms with E-state index in [1.165, 1.54) is 0 Å². The topological polar surface area (TPSA) is 38.8 Å². The molecule has 94 valence electrons. The lowest BCUT2D eigenvalue weighted by molar-refractivity contribution is -0.110. The molecule has 1 aromatic rings. The van der Waals surface area contributed by atoms with Crippen LogP contribution in [0.15, 0.2) is 28.7 Å². The number of halogens is 1. The van der Waals surface area contributed by atoms with Crippen LogP contribution in [0, 0.1) is 0 Å². The molecule has 1 amide bonds. The number of rotatable bonds is 5. The first-order valence-electron chi connectivity index (χ1n) is 5.15. The van der Waals surface area contributed by atoms with Crippen LogP contribution in [0.1, 0.15) is 10.4 Å². The number of benzene rings is 1. The Morgan fingerprint density at radius 1 is 1.35 bits per heavy atom. The smallest absolute Gasteiger partial charge is 0.254 e. The third-order valence-corrected chi connectivity index (χ3v) is 3.09. The van der Waals surface area contributed by atoms with Crippen molar-refractivity contribution in [3.8, 4) is 0 Å². The molecule has 0 spiro atoms. The second kappa shape index (κ2) is 6.74. The van der Waals surface area contributed by atoms with E-state index in [0.717, 1.165) is 4.47 Å². The van der Waals surface area contributed by atoms with E-state index in [4.69, 9.17) is 9.47 Å². The number of methoxy groups -OCH3 is 2. The molecular formula is C12H16BrNO3. The number of ether oxygens (including phenoxy) is 2. The van der Waals surface area contributed by atoms with E-state index in [1.54, 1.807) is 32.2 Å². The highest BCUT2D eigenvalue weighted by atomic mass is 79.9. The Bertz CT molecular complexity index is 380. The molecule has 0 atom stereocenters. The molecule has 0 fully saturated rings. The average molecular weight is 302 g/mol. The van der Waals surface area contributed by atoms with Gasteiger partial charge in [-0.25, -0.2) is 0 Å². The number of hydrogen-bond donors (Lipinski definition) is 0. The van der Waals surface area contributed by atoms with E-state index >= 15 is 0 Å². The van der Waals surface area contributed by atoms with Crippen LogP contribution in [0.3, 0.4) is 0 Å². The molecule has 0 aliphatic heterocycles. The number of likely N-dealkylation sites (N-methyl/N-ethyl adjacent to an activating group) is 1. The molecule has 0 saturated heterocycles. The van der Waals surface area contributed by atoms with Crippen LogP contribution < -0.4 is 0 Å². The van der Waals surface area contributed by atoms with Crippen LogP contribution >= 0.6 is 15.9 Å². The Hall–Kier alpha value is -0.910. The summed E-state index contributed by atoms with van der Waals surface area (Å²) in [5.74, 6) is -0.0726. The summed E-state index contributed by atoms with van der Waals surface area (Å²) in [5.41, 5.74) is 0.626. The number of carbonyl (C=O) groups excluding carboxylic acids is 1. The highest BCUT2D eigenvalue weighted by molar-refractivity contribution is 9.10. The second-order valence-electron chi connectivity index (χ2n) is 3.57. The first kappa shape index (κ1) is 14.2. The molecule has 0 radical (unpaired) electrons. The molecule has 0 saturated carbocycles. The van der Waals surface area contributed by atoms with E-state index < -0.39 is 6.29 Å². The van der Waals surface area contributed by atoms with E-state index in [0.29, 0.717) is 12.1 Å². The molecule has 0 aromatic heterocycles. The Balaban J connectivity index is 2.73. The van der Waals surface area contributed by atoms with Crippen molar-refractivity contribution in [1.82, 2.24) is 4.90 Å². The maximum atomic E-state index is 12.1. The van der Waals surface area contributed by atoms with E-state index in [9.17, 15) is 4.79 Å². The molecule has 0 aliphatic carbocycles. The zero-order chi connectivity index (χ0) is 12.8. The fourth-order valence-electron chi connectivity index (χ4n) is 1.39. The summed E-state index contributed by atoms with van der Waals surface area (Å²) in [6.45, 7) is 0.382. The quantitative estimate of drug-likeness (QED) is 0.782. The molecule has 5 heteroatoms. The Kier molecular flexibility index (Phi) is 5.61. The van der Waals surface area contributed by atoms with Gasteiger partial charge in [0.1, 0.15) is 0 Å². The molecule has 1 aromatic carbocycles. The predicted octanol–water partition coefficient (Wildman–Crippen LogP) is 2.14. The third kappa shape index (κ3) is 3.80. The minimum absolute atomic E-state index is 0.0726.